The number of hydrogen-bond donors (Lipinski definition) is 1. The van der Waals surface area contributed by atoms with Gasteiger partial charge in [0.2, 0.25) is 0 Å². The molecule has 0 saturated carbocycles. The third kappa shape index (κ3) is 6.35. The van der Waals surface area contributed by atoms with E-state index in [1.165, 1.54) is 0 Å². The van der Waals surface area contributed by atoms with Crippen LogP contribution in [0.4, 0.5) is 0 Å². The van der Waals surface area contributed by atoms with Gasteiger partial charge in [-0.15, -0.1) is 0 Å². The molecule has 0 saturated heterocycles. The van der Waals surface area contributed by atoms with E-state index in [4.69, 9.17) is 9.47 Å². The van der Waals surface area contributed by atoms with Crippen molar-refractivity contribution in [3.8, 4) is 0 Å². The molecule has 3 nitrogen and oxygen atoms in total. The van der Waals surface area contributed by atoms with E-state index in [1.54, 1.807) is 14.2 Å². The van der Waals surface area contributed by atoms with E-state index >= 15 is 0 Å². The Labute approximate surface area is 88.2 Å². The lowest BCUT2D eigenvalue weighted by Crippen LogP contribution is -2.31. The monoisotopic (exact) mass is 203 g/mol. The Kier molecular flexibility index (Phi) is 7.15. The van der Waals surface area contributed by atoms with Crippen molar-refractivity contribution in [2.75, 3.05) is 27.9 Å². The van der Waals surface area contributed by atoms with Crippen molar-refractivity contribution in [3.05, 3.63) is 0 Å². The topological polar surface area (TPSA) is 30.5 Å². The molecule has 0 bridgehead atoms. The lowest BCUT2D eigenvalue weighted by Gasteiger charge is -2.25. The second kappa shape index (κ2) is 7.21. The lowest BCUT2D eigenvalue weighted by atomic mass is 9.97. The quantitative estimate of drug-likeness (QED) is 0.652. The Hall–Kier alpha value is -0.120. The molecule has 0 amide bonds. The molecule has 0 rings (SSSR count). The maximum atomic E-state index is 5.38. The van der Waals surface area contributed by atoms with E-state index in [1.807, 2.05) is 7.05 Å². The largest absolute Gasteiger partial charge is 0.385 e. The molecule has 0 fully saturated rings. The van der Waals surface area contributed by atoms with Crippen LogP contribution < -0.4 is 5.32 Å². The number of ether oxygens (including phenoxy) is 2. The fourth-order valence-electron chi connectivity index (χ4n) is 1.32. The van der Waals surface area contributed by atoms with Gasteiger partial charge in [0.05, 0.1) is 5.60 Å². The van der Waals surface area contributed by atoms with Crippen LogP contribution in [0.1, 0.15) is 33.1 Å². The normalized spacial score (nSPS) is 14.4. The van der Waals surface area contributed by atoms with Gasteiger partial charge in [-0.25, -0.2) is 0 Å². The molecule has 0 radical (unpaired) electrons. The molecule has 0 aliphatic carbocycles. The van der Waals surface area contributed by atoms with Gasteiger partial charge in [-0.1, -0.05) is 0 Å². The van der Waals surface area contributed by atoms with Gasteiger partial charge < -0.3 is 14.8 Å². The van der Waals surface area contributed by atoms with Gasteiger partial charge in [0.25, 0.3) is 0 Å². The summed E-state index contributed by atoms with van der Waals surface area (Å²) in [4.78, 5) is 0. The standard InChI is InChI=1S/C11H25NO2/c1-11(2,14-5)8-6-10(12-3)7-9-13-4/h10,12H,6-9H2,1-5H3. The van der Waals surface area contributed by atoms with E-state index in [-0.39, 0.29) is 5.60 Å². The molecular weight excluding hydrogens is 178 g/mol. The van der Waals surface area contributed by atoms with Crippen LogP contribution in [-0.4, -0.2) is 39.5 Å². The summed E-state index contributed by atoms with van der Waals surface area (Å²) in [5.74, 6) is 0. The van der Waals surface area contributed by atoms with Crippen molar-refractivity contribution in [1.82, 2.24) is 5.32 Å². The predicted octanol–water partition coefficient (Wildman–Crippen LogP) is 1.82. The zero-order valence-electron chi connectivity index (χ0n) is 10.2. The molecule has 3 heteroatoms. The molecule has 0 aromatic heterocycles. The Morgan fingerprint density at radius 3 is 2.29 bits per heavy atom. The van der Waals surface area contributed by atoms with Gasteiger partial charge in [0.15, 0.2) is 0 Å². The molecule has 86 valence electrons. The Morgan fingerprint density at radius 2 is 1.86 bits per heavy atom. The van der Waals surface area contributed by atoms with Crippen LogP contribution in [0.3, 0.4) is 0 Å². The van der Waals surface area contributed by atoms with Gasteiger partial charge in [0.1, 0.15) is 0 Å². The lowest BCUT2D eigenvalue weighted by molar-refractivity contribution is 0.0111. The number of hydrogen-bond acceptors (Lipinski definition) is 3. The highest BCUT2D eigenvalue weighted by Crippen LogP contribution is 2.17. The van der Waals surface area contributed by atoms with Crippen molar-refractivity contribution in [2.45, 2.75) is 44.8 Å². The minimum absolute atomic E-state index is 0.0117. The first-order valence-electron chi connectivity index (χ1n) is 5.27. The zero-order chi connectivity index (χ0) is 11.0. The molecule has 0 heterocycles. The molecule has 0 aliphatic heterocycles. The van der Waals surface area contributed by atoms with Crippen LogP contribution in [0.25, 0.3) is 0 Å². The Bertz CT molecular complexity index is 137. The second-order valence-electron chi connectivity index (χ2n) is 4.27. The van der Waals surface area contributed by atoms with Crippen LogP contribution in [0.2, 0.25) is 0 Å². The molecule has 14 heavy (non-hydrogen) atoms. The zero-order valence-corrected chi connectivity index (χ0v) is 10.2. The van der Waals surface area contributed by atoms with Gasteiger partial charge in [-0.2, -0.15) is 0 Å². The third-order valence-corrected chi connectivity index (χ3v) is 2.73. The van der Waals surface area contributed by atoms with Crippen LogP contribution >= 0.6 is 0 Å². The van der Waals surface area contributed by atoms with Crippen LogP contribution in [0, 0.1) is 0 Å². The SMILES string of the molecule is CNC(CCOC)CCC(C)(C)OC. The molecular formula is C11H25NO2. The summed E-state index contributed by atoms with van der Waals surface area (Å²) >= 11 is 0. The fraction of sp³-hybridized carbons (Fsp3) is 1.00. The van der Waals surface area contributed by atoms with Gasteiger partial charge in [0, 0.05) is 26.9 Å². The second-order valence-corrected chi connectivity index (χ2v) is 4.27. The average Bonchev–Trinajstić information content (AvgIpc) is 2.18. The predicted molar refractivity (Wildman–Crippen MR) is 59.7 cm³/mol. The van der Waals surface area contributed by atoms with Gasteiger partial charge in [-0.3, -0.25) is 0 Å². The van der Waals surface area contributed by atoms with Gasteiger partial charge >= 0.3 is 0 Å². The summed E-state index contributed by atoms with van der Waals surface area (Å²) in [6, 6.07) is 0.532. The first kappa shape index (κ1) is 13.9. The van der Waals surface area contributed by atoms with Crippen molar-refractivity contribution in [3.63, 3.8) is 0 Å². The first-order valence-corrected chi connectivity index (χ1v) is 5.27. The molecule has 0 aliphatic rings. The van der Waals surface area contributed by atoms with E-state index in [9.17, 15) is 0 Å². The van der Waals surface area contributed by atoms with Crippen LogP contribution in [0.5, 0.6) is 0 Å². The van der Waals surface area contributed by atoms with Crippen molar-refractivity contribution in [1.29, 1.82) is 0 Å². The van der Waals surface area contributed by atoms with Crippen molar-refractivity contribution in [2.24, 2.45) is 0 Å². The fourth-order valence-corrected chi connectivity index (χ4v) is 1.32. The molecule has 1 unspecified atom stereocenters. The Morgan fingerprint density at radius 1 is 1.21 bits per heavy atom. The minimum atomic E-state index is -0.0117. The molecule has 0 aromatic rings. The number of rotatable bonds is 8. The summed E-state index contributed by atoms with van der Waals surface area (Å²) in [5, 5.41) is 3.30. The summed E-state index contributed by atoms with van der Waals surface area (Å²) in [7, 11) is 5.51. The maximum absolute atomic E-state index is 5.38. The highest BCUT2D eigenvalue weighted by molar-refractivity contribution is 4.73. The summed E-state index contributed by atoms with van der Waals surface area (Å²) in [6.45, 7) is 5.06. The maximum Gasteiger partial charge on any atom is 0.0623 e. The van der Waals surface area contributed by atoms with E-state index in [0.29, 0.717) is 6.04 Å². The van der Waals surface area contributed by atoms with Crippen molar-refractivity contribution < 1.29 is 9.47 Å². The third-order valence-electron chi connectivity index (χ3n) is 2.73. The Balaban J connectivity index is 3.71. The van der Waals surface area contributed by atoms with Crippen LogP contribution in [-0.2, 0) is 9.47 Å². The number of methoxy groups -OCH3 is 2. The smallest absolute Gasteiger partial charge is 0.0623 e. The number of nitrogens with one attached hydrogen (secondary N) is 1. The van der Waals surface area contributed by atoms with Crippen LogP contribution in [0.15, 0.2) is 0 Å². The molecule has 1 N–H and O–H groups in total. The summed E-state index contributed by atoms with van der Waals surface area (Å²) in [5.41, 5.74) is -0.0117. The van der Waals surface area contributed by atoms with E-state index < -0.39 is 0 Å². The summed E-state index contributed by atoms with van der Waals surface area (Å²) < 4.78 is 10.4. The van der Waals surface area contributed by atoms with Crippen molar-refractivity contribution >= 4 is 0 Å². The summed E-state index contributed by atoms with van der Waals surface area (Å²) in [6.07, 6.45) is 3.26. The van der Waals surface area contributed by atoms with E-state index in [0.717, 1.165) is 25.9 Å². The highest BCUT2D eigenvalue weighted by atomic mass is 16.5. The average molecular weight is 203 g/mol. The minimum Gasteiger partial charge on any atom is -0.385 e. The molecule has 1 atom stereocenters. The highest BCUT2D eigenvalue weighted by Gasteiger charge is 2.18. The molecule has 0 aromatic carbocycles. The first-order chi connectivity index (χ1) is 6.55. The van der Waals surface area contributed by atoms with Gasteiger partial charge in [-0.05, 0) is 40.2 Å². The molecule has 0 spiro atoms. The van der Waals surface area contributed by atoms with E-state index in [2.05, 4.69) is 19.2 Å².